The van der Waals surface area contributed by atoms with E-state index in [4.69, 9.17) is 4.98 Å². The van der Waals surface area contributed by atoms with Gasteiger partial charge in [-0.05, 0) is 62.7 Å². The summed E-state index contributed by atoms with van der Waals surface area (Å²) in [6, 6.07) is 22.0. The van der Waals surface area contributed by atoms with Crippen molar-refractivity contribution in [2.45, 2.75) is 31.7 Å². The molecule has 1 aliphatic heterocycles. The Morgan fingerprint density at radius 1 is 1.00 bits per heavy atom. The van der Waals surface area contributed by atoms with Crippen molar-refractivity contribution in [1.29, 1.82) is 0 Å². The maximum Gasteiger partial charge on any atom is 0.234 e. The molecule has 0 bridgehead atoms. The minimum Gasteiger partial charge on any atom is -0.348 e. The normalized spacial score (nSPS) is 15.9. The van der Waals surface area contributed by atoms with Crippen LogP contribution in [0.25, 0.3) is 0 Å². The second-order valence-electron chi connectivity index (χ2n) is 8.04. The molecule has 2 aromatic heterocycles. The Bertz CT molecular complexity index is 971. The van der Waals surface area contributed by atoms with Gasteiger partial charge in [0.2, 0.25) is 5.91 Å². The van der Waals surface area contributed by atoms with Crippen LogP contribution in [0.1, 0.15) is 43.0 Å². The second kappa shape index (κ2) is 10.2. The SMILES string of the molecule is C[C@H](NC(=O)CN1CCC(c2cccc(Nc3ccccn3)n2)CC1)c1ccccc1. The highest BCUT2D eigenvalue weighted by Crippen LogP contribution is 2.27. The average Bonchev–Trinajstić information content (AvgIpc) is 2.81. The molecule has 0 spiro atoms. The largest absolute Gasteiger partial charge is 0.348 e. The van der Waals surface area contributed by atoms with Crippen molar-refractivity contribution >= 4 is 17.5 Å². The Balaban J connectivity index is 1.27. The Labute approximate surface area is 183 Å². The standard InChI is InChI=1S/C25H29N5O/c1-19(20-8-3-2-4-9-20)27-25(31)18-30-16-13-21(14-17-30)22-10-7-12-24(28-22)29-23-11-5-6-15-26-23/h2-12,15,19,21H,13-14,16-18H2,1H3,(H,27,31)(H,26,28,29)/t19-/m0/s1. The number of amides is 1. The van der Waals surface area contributed by atoms with E-state index in [0.717, 1.165) is 48.8 Å². The summed E-state index contributed by atoms with van der Waals surface area (Å²) < 4.78 is 0. The summed E-state index contributed by atoms with van der Waals surface area (Å²) in [5, 5.41) is 6.37. The van der Waals surface area contributed by atoms with Crippen LogP contribution in [0.2, 0.25) is 0 Å². The summed E-state index contributed by atoms with van der Waals surface area (Å²) >= 11 is 0. The first-order chi connectivity index (χ1) is 15.2. The lowest BCUT2D eigenvalue weighted by Crippen LogP contribution is -2.41. The number of carbonyl (C=O) groups excluding carboxylic acids is 1. The Hall–Kier alpha value is -3.25. The topological polar surface area (TPSA) is 70.2 Å². The highest BCUT2D eigenvalue weighted by Gasteiger charge is 2.23. The molecule has 6 nitrogen and oxygen atoms in total. The fourth-order valence-corrected chi connectivity index (χ4v) is 4.02. The molecular formula is C25H29N5O. The molecule has 1 atom stereocenters. The summed E-state index contributed by atoms with van der Waals surface area (Å²) in [5.41, 5.74) is 2.22. The first-order valence-corrected chi connectivity index (χ1v) is 10.9. The van der Waals surface area contributed by atoms with E-state index in [1.54, 1.807) is 6.20 Å². The third-order valence-electron chi connectivity index (χ3n) is 5.74. The van der Waals surface area contributed by atoms with E-state index in [0.29, 0.717) is 12.5 Å². The lowest BCUT2D eigenvalue weighted by atomic mass is 9.93. The van der Waals surface area contributed by atoms with E-state index < -0.39 is 0 Å². The van der Waals surface area contributed by atoms with E-state index in [2.05, 4.69) is 26.6 Å². The van der Waals surface area contributed by atoms with Crippen LogP contribution in [-0.4, -0.2) is 40.4 Å². The Morgan fingerprint density at radius 3 is 2.48 bits per heavy atom. The molecule has 1 aliphatic rings. The van der Waals surface area contributed by atoms with Gasteiger partial charge in [-0.1, -0.05) is 42.5 Å². The van der Waals surface area contributed by atoms with Gasteiger partial charge in [-0.15, -0.1) is 0 Å². The van der Waals surface area contributed by atoms with Gasteiger partial charge in [0.1, 0.15) is 11.6 Å². The smallest absolute Gasteiger partial charge is 0.234 e. The quantitative estimate of drug-likeness (QED) is 0.603. The zero-order valence-corrected chi connectivity index (χ0v) is 17.9. The van der Waals surface area contributed by atoms with E-state index in [9.17, 15) is 4.79 Å². The van der Waals surface area contributed by atoms with Crippen LogP contribution < -0.4 is 10.6 Å². The lowest BCUT2D eigenvalue weighted by molar-refractivity contribution is -0.123. The number of rotatable bonds is 7. The molecule has 4 rings (SSSR count). The second-order valence-corrected chi connectivity index (χ2v) is 8.04. The first-order valence-electron chi connectivity index (χ1n) is 10.9. The number of hydrogen-bond acceptors (Lipinski definition) is 5. The number of aromatic nitrogens is 2. The highest BCUT2D eigenvalue weighted by molar-refractivity contribution is 5.78. The van der Waals surface area contributed by atoms with Crippen molar-refractivity contribution in [1.82, 2.24) is 20.2 Å². The van der Waals surface area contributed by atoms with Crippen LogP contribution in [0, 0.1) is 0 Å². The molecule has 0 saturated carbocycles. The Morgan fingerprint density at radius 2 is 1.74 bits per heavy atom. The minimum atomic E-state index is 0.0183. The predicted octanol–water partition coefficient (Wildman–Crippen LogP) is 4.28. The fourth-order valence-electron chi connectivity index (χ4n) is 4.02. The van der Waals surface area contributed by atoms with Crippen LogP contribution in [0.5, 0.6) is 0 Å². The van der Waals surface area contributed by atoms with Gasteiger partial charge in [0.25, 0.3) is 0 Å². The van der Waals surface area contributed by atoms with Crippen molar-refractivity contribution in [3.8, 4) is 0 Å². The molecule has 0 radical (unpaired) electrons. The zero-order chi connectivity index (χ0) is 21.5. The van der Waals surface area contributed by atoms with Gasteiger partial charge in [-0.25, -0.2) is 9.97 Å². The summed E-state index contributed by atoms with van der Waals surface area (Å²) in [6.45, 7) is 4.27. The maximum absolute atomic E-state index is 12.5. The molecule has 1 saturated heterocycles. The molecule has 6 heteroatoms. The maximum atomic E-state index is 12.5. The molecule has 160 valence electrons. The number of anilines is 2. The Kier molecular flexibility index (Phi) is 6.89. The number of likely N-dealkylation sites (tertiary alicyclic amines) is 1. The van der Waals surface area contributed by atoms with Crippen molar-refractivity contribution in [2.75, 3.05) is 25.0 Å². The average molecular weight is 416 g/mol. The predicted molar refractivity (Wildman–Crippen MR) is 123 cm³/mol. The van der Waals surface area contributed by atoms with Gasteiger partial charge in [0, 0.05) is 17.8 Å². The zero-order valence-electron chi connectivity index (χ0n) is 17.9. The monoisotopic (exact) mass is 415 g/mol. The summed E-state index contributed by atoms with van der Waals surface area (Å²) in [4.78, 5) is 23.8. The lowest BCUT2D eigenvalue weighted by Gasteiger charge is -2.31. The van der Waals surface area contributed by atoms with E-state index in [1.807, 2.05) is 67.6 Å². The fraction of sp³-hybridized carbons (Fsp3) is 0.320. The number of nitrogens with zero attached hydrogens (tertiary/aromatic N) is 3. The number of benzene rings is 1. The molecule has 0 unspecified atom stereocenters. The minimum absolute atomic E-state index is 0.0183. The highest BCUT2D eigenvalue weighted by atomic mass is 16.2. The van der Waals surface area contributed by atoms with Crippen molar-refractivity contribution < 1.29 is 4.79 Å². The van der Waals surface area contributed by atoms with E-state index in [-0.39, 0.29) is 11.9 Å². The van der Waals surface area contributed by atoms with Crippen LogP contribution in [0.4, 0.5) is 11.6 Å². The number of pyridine rings is 2. The van der Waals surface area contributed by atoms with Gasteiger partial charge in [-0.3, -0.25) is 9.69 Å². The van der Waals surface area contributed by atoms with Crippen molar-refractivity contribution in [2.24, 2.45) is 0 Å². The van der Waals surface area contributed by atoms with Gasteiger partial charge < -0.3 is 10.6 Å². The van der Waals surface area contributed by atoms with Gasteiger partial charge >= 0.3 is 0 Å². The summed E-state index contributed by atoms with van der Waals surface area (Å²) in [6.07, 6.45) is 3.77. The molecular weight excluding hydrogens is 386 g/mol. The molecule has 3 aromatic rings. The van der Waals surface area contributed by atoms with Crippen LogP contribution in [0.3, 0.4) is 0 Å². The molecule has 0 aliphatic carbocycles. The molecule has 1 amide bonds. The van der Waals surface area contributed by atoms with E-state index in [1.165, 1.54) is 0 Å². The van der Waals surface area contributed by atoms with Gasteiger partial charge in [0.15, 0.2) is 0 Å². The number of nitrogens with one attached hydrogen (secondary N) is 2. The van der Waals surface area contributed by atoms with Crippen LogP contribution >= 0.6 is 0 Å². The number of carbonyl (C=O) groups is 1. The molecule has 1 fully saturated rings. The third-order valence-corrected chi connectivity index (χ3v) is 5.74. The van der Waals surface area contributed by atoms with E-state index >= 15 is 0 Å². The summed E-state index contributed by atoms with van der Waals surface area (Å²) in [5.74, 6) is 2.09. The van der Waals surface area contributed by atoms with Gasteiger partial charge in [-0.2, -0.15) is 0 Å². The molecule has 2 N–H and O–H groups in total. The summed E-state index contributed by atoms with van der Waals surface area (Å²) in [7, 11) is 0. The molecule has 3 heterocycles. The van der Waals surface area contributed by atoms with Crippen molar-refractivity contribution in [3.63, 3.8) is 0 Å². The van der Waals surface area contributed by atoms with Crippen molar-refractivity contribution in [3.05, 3.63) is 84.2 Å². The number of piperidine rings is 1. The van der Waals surface area contributed by atoms with Crippen LogP contribution in [0.15, 0.2) is 72.9 Å². The third kappa shape index (κ3) is 5.89. The number of hydrogen-bond donors (Lipinski definition) is 2. The van der Waals surface area contributed by atoms with Gasteiger partial charge in [0.05, 0.1) is 12.6 Å². The molecule has 31 heavy (non-hydrogen) atoms. The van der Waals surface area contributed by atoms with Crippen LogP contribution in [-0.2, 0) is 4.79 Å². The molecule has 1 aromatic carbocycles. The first kappa shape index (κ1) is 21.0.